The summed E-state index contributed by atoms with van der Waals surface area (Å²) >= 11 is 0. The lowest BCUT2D eigenvalue weighted by Crippen LogP contribution is -2.39. The van der Waals surface area contributed by atoms with E-state index in [1.165, 1.54) is 31.0 Å². The van der Waals surface area contributed by atoms with Gasteiger partial charge in [-0.25, -0.2) is 4.39 Å². The van der Waals surface area contributed by atoms with Crippen LogP contribution in [0.25, 0.3) is 0 Å². The van der Waals surface area contributed by atoms with Gasteiger partial charge in [-0.05, 0) is 69.9 Å². The highest BCUT2D eigenvalue weighted by Gasteiger charge is 2.23. The van der Waals surface area contributed by atoms with E-state index < -0.39 is 0 Å². The van der Waals surface area contributed by atoms with E-state index in [1.54, 1.807) is 0 Å². The molecule has 1 aliphatic rings. The van der Waals surface area contributed by atoms with Crippen molar-refractivity contribution < 1.29 is 9.50 Å². The zero-order chi connectivity index (χ0) is 15.2. The van der Waals surface area contributed by atoms with Crippen LogP contribution in [0, 0.1) is 11.7 Å². The Balaban J connectivity index is 2.10. The number of nitrogens with zero attached hydrogens (tertiary/aromatic N) is 1. The number of benzene rings is 1. The van der Waals surface area contributed by atoms with E-state index in [4.69, 9.17) is 0 Å². The predicted octanol–water partition coefficient (Wildman–Crippen LogP) is 3.30. The minimum Gasteiger partial charge on any atom is -0.508 e. The minimum atomic E-state index is -0.287. The van der Waals surface area contributed by atoms with Crippen LogP contribution in [-0.2, 0) is 0 Å². The van der Waals surface area contributed by atoms with E-state index in [0.29, 0.717) is 11.5 Å². The molecule has 0 bridgehead atoms. The Morgan fingerprint density at radius 3 is 2.95 bits per heavy atom. The summed E-state index contributed by atoms with van der Waals surface area (Å²) in [6, 6.07) is 4.25. The molecule has 118 valence electrons. The van der Waals surface area contributed by atoms with Crippen LogP contribution in [0.2, 0.25) is 0 Å². The average molecular weight is 294 g/mol. The van der Waals surface area contributed by atoms with Gasteiger partial charge in [0.15, 0.2) is 0 Å². The van der Waals surface area contributed by atoms with Crippen LogP contribution in [0.15, 0.2) is 18.2 Å². The van der Waals surface area contributed by atoms with Crippen LogP contribution in [0.5, 0.6) is 5.75 Å². The molecule has 0 aliphatic carbocycles. The highest BCUT2D eigenvalue weighted by molar-refractivity contribution is 5.35. The number of hydrogen-bond acceptors (Lipinski definition) is 3. The quantitative estimate of drug-likeness (QED) is 0.845. The molecular weight excluding hydrogens is 267 g/mol. The summed E-state index contributed by atoms with van der Waals surface area (Å²) in [5, 5.41) is 13.5. The molecule has 2 atom stereocenters. The molecule has 1 saturated heterocycles. The number of piperidine rings is 1. The molecule has 0 saturated carbocycles. The summed E-state index contributed by atoms with van der Waals surface area (Å²) < 4.78 is 13.5. The van der Waals surface area contributed by atoms with Gasteiger partial charge >= 0.3 is 0 Å². The van der Waals surface area contributed by atoms with E-state index in [0.717, 1.165) is 32.6 Å². The maximum Gasteiger partial charge on any atom is 0.123 e. The van der Waals surface area contributed by atoms with Crippen LogP contribution in [-0.4, -0.2) is 36.2 Å². The van der Waals surface area contributed by atoms with Crippen molar-refractivity contribution in [3.05, 3.63) is 29.6 Å². The lowest BCUT2D eigenvalue weighted by molar-refractivity contribution is 0.161. The summed E-state index contributed by atoms with van der Waals surface area (Å²) in [5.41, 5.74) is 0.687. The minimum absolute atomic E-state index is 0.0302. The fraction of sp³-hybridized carbons (Fsp3) is 0.647. The molecule has 1 aromatic rings. The monoisotopic (exact) mass is 294 g/mol. The van der Waals surface area contributed by atoms with Gasteiger partial charge in [0.1, 0.15) is 11.6 Å². The molecule has 1 aliphatic heterocycles. The lowest BCUT2D eigenvalue weighted by Gasteiger charge is -2.34. The van der Waals surface area contributed by atoms with Crippen molar-refractivity contribution in [2.75, 3.05) is 26.2 Å². The number of hydrogen-bond donors (Lipinski definition) is 2. The van der Waals surface area contributed by atoms with Crippen LogP contribution in [0.3, 0.4) is 0 Å². The van der Waals surface area contributed by atoms with Crippen molar-refractivity contribution >= 4 is 0 Å². The fourth-order valence-corrected chi connectivity index (χ4v) is 3.20. The van der Waals surface area contributed by atoms with Gasteiger partial charge < -0.3 is 10.4 Å². The predicted molar refractivity (Wildman–Crippen MR) is 83.9 cm³/mol. The summed E-state index contributed by atoms with van der Waals surface area (Å²) in [6.45, 7) is 8.35. The molecule has 1 heterocycles. The second kappa shape index (κ2) is 7.76. The molecule has 0 aromatic heterocycles. The van der Waals surface area contributed by atoms with Crippen molar-refractivity contribution in [2.24, 2.45) is 5.92 Å². The summed E-state index contributed by atoms with van der Waals surface area (Å²) in [6.07, 6.45) is 3.53. The average Bonchev–Trinajstić information content (AvgIpc) is 2.49. The topological polar surface area (TPSA) is 35.5 Å². The van der Waals surface area contributed by atoms with Gasteiger partial charge in [-0.2, -0.15) is 0 Å². The Hall–Kier alpha value is -1.13. The van der Waals surface area contributed by atoms with Crippen molar-refractivity contribution in [2.45, 2.75) is 39.2 Å². The maximum atomic E-state index is 13.5. The number of phenolic OH excluding ortho intramolecular Hbond substituents is 1. The van der Waals surface area contributed by atoms with E-state index >= 15 is 0 Å². The fourth-order valence-electron chi connectivity index (χ4n) is 3.20. The van der Waals surface area contributed by atoms with Crippen LogP contribution < -0.4 is 5.32 Å². The molecule has 3 nitrogen and oxygen atoms in total. The largest absolute Gasteiger partial charge is 0.508 e. The van der Waals surface area contributed by atoms with Crippen molar-refractivity contribution in [1.82, 2.24) is 10.2 Å². The summed E-state index contributed by atoms with van der Waals surface area (Å²) in [4.78, 5) is 2.37. The first-order valence-corrected chi connectivity index (χ1v) is 8.05. The molecule has 1 fully saturated rings. The Labute approximate surface area is 127 Å². The summed E-state index contributed by atoms with van der Waals surface area (Å²) in [7, 11) is 0. The van der Waals surface area contributed by atoms with Gasteiger partial charge in [-0.3, -0.25) is 4.90 Å². The van der Waals surface area contributed by atoms with Crippen LogP contribution >= 0.6 is 0 Å². The van der Waals surface area contributed by atoms with Crippen molar-refractivity contribution in [1.29, 1.82) is 0 Å². The Kier molecular flexibility index (Phi) is 6.00. The third-order valence-electron chi connectivity index (χ3n) is 4.39. The molecule has 21 heavy (non-hydrogen) atoms. The second-order valence-corrected chi connectivity index (χ2v) is 6.09. The standard InChI is InChI=1S/C17H27FN2O/c1-3-9-20(12-14-5-4-8-19-11-14)13(2)16-10-15(18)6-7-17(16)21/h6-7,10,13-14,19,21H,3-5,8-9,11-12H2,1-2H3. The Morgan fingerprint density at radius 2 is 2.29 bits per heavy atom. The Morgan fingerprint density at radius 1 is 1.48 bits per heavy atom. The van der Waals surface area contributed by atoms with Crippen molar-refractivity contribution in [3.8, 4) is 5.75 Å². The van der Waals surface area contributed by atoms with E-state index in [9.17, 15) is 9.50 Å². The first-order valence-electron chi connectivity index (χ1n) is 8.05. The number of phenols is 1. The third-order valence-corrected chi connectivity index (χ3v) is 4.39. The Bertz CT molecular complexity index is 446. The van der Waals surface area contributed by atoms with Crippen LogP contribution in [0.1, 0.15) is 44.7 Å². The van der Waals surface area contributed by atoms with Gasteiger partial charge in [-0.1, -0.05) is 6.92 Å². The number of rotatable bonds is 6. The zero-order valence-electron chi connectivity index (χ0n) is 13.1. The smallest absolute Gasteiger partial charge is 0.123 e. The molecule has 0 spiro atoms. The number of halogens is 1. The third kappa shape index (κ3) is 4.42. The summed E-state index contributed by atoms with van der Waals surface area (Å²) in [5.74, 6) is 0.542. The normalized spacial score (nSPS) is 20.7. The van der Waals surface area contributed by atoms with Gasteiger partial charge in [0.05, 0.1) is 0 Å². The first kappa shape index (κ1) is 16.2. The maximum absolute atomic E-state index is 13.5. The van der Waals surface area contributed by atoms with E-state index in [2.05, 4.69) is 24.1 Å². The molecule has 0 radical (unpaired) electrons. The van der Waals surface area contributed by atoms with E-state index in [-0.39, 0.29) is 17.6 Å². The van der Waals surface area contributed by atoms with Gasteiger partial charge in [0, 0.05) is 18.2 Å². The van der Waals surface area contributed by atoms with Crippen LogP contribution in [0.4, 0.5) is 4.39 Å². The molecule has 1 aromatic carbocycles. The van der Waals surface area contributed by atoms with Gasteiger partial charge in [-0.15, -0.1) is 0 Å². The molecule has 2 N–H and O–H groups in total. The zero-order valence-corrected chi connectivity index (χ0v) is 13.1. The molecule has 4 heteroatoms. The van der Waals surface area contributed by atoms with Crippen molar-refractivity contribution in [3.63, 3.8) is 0 Å². The lowest BCUT2D eigenvalue weighted by atomic mass is 9.97. The molecule has 2 unspecified atom stereocenters. The molecule has 2 rings (SSSR count). The van der Waals surface area contributed by atoms with Gasteiger partial charge in [0.25, 0.3) is 0 Å². The number of nitrogens with one attached hydrogen (secondary N) is 1. The first-order chi connectivity index (χ1) is 10.1. The molecular formula is C17H27FN2O. The highest BCUT2D eigenvalue weighted by atomic mass is 19.1. The number of aromatic hydroxyl groups is 1. The second-order valence-electron chi connectivity index (χ2n) is 6.09. The molecule has 0 amide bonds. The SMILES string of the molecule is CCCN(CC1CCCNC1)C(C)c1cc(F)ccc1O. The highest BCUT2D eigenvalue weighted by Crippen LogP contribution is 2.30. The van der Waals surface area contributed by atoms with E-state index in [1.807, 2.05) is 0 Å². The van der Waals surface area contributed by atoms with Gasteiger partial charge in [0.2, 0.25) is 0 Å².